The normalized spacial score (nSPS) is 10.6. The lowest BCUT2D eigenvalue weighted by atomic mass is 10.1. The van der Waals surface area contributed by atoms with Gasteiger partial charge in [-0.15, -0.1) is 0 Å². The third kappa shape index (κ3) is 2.95. The number of anilines is 1. The van der Waals surface area contributed by atoms with Gasteiger partial charge in [-0.05, 0) is 64.8 Å². The molecule has 1 amide bonds. The number of carbonyl (C=O) groups excluding carboxylic acids is 1. The number of benzene rings is 2. The number of aryl methyl sites for hydroxylation is 1. The molecule has 1 heterocycles. The zero-order valence-electron chi connectivity index (χ0n) is 11.4. The van der Waals surface area contributed by atoms with Gasteiger partial charge in [-0.3, -0.25) is 9.78 Å². The molecule has 0 aliphatic heterocycles. The lowest BCUT2D eigenvalue weighted by Gasteiger charge is -2.08. The monoisotopic (exact) mass is 340 g/mol. The van der Waals surface area contributed by atoms with Gasteiger partial charge in [0.25, 0.3) is 5.91 Å². The van der Waals surface area contributed by atoms with Crippen LogP contribution in [0.2, 0.25) is 0 Å². The van der Waals surface area contributed by atoms with E-state index < -0.39 is 0 Å². The molecule has 1 aromatic heterocycles. The zero-order chi connectivity index (χ0) is 14.8. The van der Waals surface area contributed by atoms with E-state index >= 15 is 0 Å². The van der Waals surface area contributed by atoms with Gasteiger partial charge in [-0.1, -0.05) is 12.1 Å². The van der Waals surface area contributed by atoms with Crippen molar-refractivity contribution in [3.63, 3.8) is 0 Å². The van der Waals surface area contributed by atoms with Crippen molar-refractivity contribution >= 4 is 38.4 Å². The van der Waals surface area contributed by atoms with Crippen LogP contribution in [0.15, 0.2) is 59.2 Å². The molecule has 3 rings (SSSR count). The molecule has 3 aromatic rings. The number of pyridine rings is 1. The number of nitrogens with one attached hydrogen (secondary N) is 1. The number of rotatable bonds is 2. The van der Waals surface area contributed by atoms with Gasteiger partial charge >= 0.3 is 0 Å². The molecular formula is C17H13BrN2O. The second-order valence-corrected chi connectivity index (χ2v) is 5.70. The van der Waals surface area contributed by atoms with Gasteiger partial charge in [0.1, 0.15) is 0 Å². The highest BCUT2D eigenvalue weighted by Gasteiger charge is 2.10. The van der Waals surface area contributed by atoms with E-state index in [4.69, 9.17) is 0 Å². The van der Waals surface area contributed by atoms with E-state index in [2.05, 4.69) is 26.2 Å². The smallest absolute Gasteiger partial charge is 0.256 e. The Morgan fingerprint density at radius 2 is 2.00 bits per heavy atom. The maximum atomic E-state index is 12.3. The molecule has 0 bridgehead atoms. The van der Waals surface area contributed by atoms with Crippen molar-refractivity contribution in [2.45, 2.75) is 6.92 Å². The summed E-state index contributed by atoms with van der Waals surface area (Å²) >= 11 is 3.43. The standard InChI is InChI=1S/C17H13BrN2O/c1-11-4-6-14(15(18)9-11)17(21)20-13-5-7-16-12(10-13)3-2-8-19-16/h2-10H,1H3,(H,20,21). The Labute approximate surface area is 131 Å². The third-order valence-corrected chi connectivity index (χ3v) is 3.89. The lowest BCUT2D eigenvalue weighted by molar-refractivity contribution is 0.102. The molecule has 0 radical (unpaired) electrons. The van der Waals surface area contributed by atoms with Crippen LogP contribution in [0.1, 0.15) is 15.9 Å². The summed E-state index contributed by atoms with van der Waals surface area (Å²) in [4.78, 5) is 16.6. The van der Waals surface area contributed by atoms with Gasteiger partial charge in [-0.25, -0.2) is 0 Å². The Hall–Kier alpha value is -2.20. The van der Waals surface area contributed by atoms with Crippen molar-refractivity contribution < 1.29 is 4.79 Å². The second kappa shape index (κ2) is 5.66. The van der Waals surface area contributed by atoms with Crippen molar-refractivity contribution in [2.24, 2.45) is 0 Å². The van der Waals surface area contributed by atoms with Gasteiger partial charge in [0.15, 0.2) is 0 Å². The highest BCUT2D eigenvalue weighted by molar-refractivity contribution is 9.10. The van der Waals surface area contributed by atoms with Gasteiger partial charge < -0.3 is 5.32 Å². The molecule has 0 aliphatic rings. The second-order valence-electron chi connectivity index (χ2n) is 4.85. The molecule has 0 atom stereocenters. The molecule has 2 aromatic carbocycles. The van der Waals surface area contributed by atoms with Crippen molar-refractivity contribution in [1.82, 2.24) is 4.98 Å². The zero-order valence-corrected chi connectivity index (χ0v) is 13.0. The van der Waals surface area contributed by atoms with E-state index in [-0.39, 0.29) is 5.91 Å². The number of amides is 1. The van der Waals surface area contributed by atoms with E-state index in [0.29, 0.717) is 5.56 Å². The Kier molecular flexibility index (Phi) is 3.71. The van der Waals surface area contributed by atoms with Crippen molar-refractivity contribution in [3.8, 4) is 0 Å². The fraction of sp³-hybridized carbons (Fsp3) is 0.0588. The van der Waals surface area contributed by atoms with E-state index in [0.717, 1.165) is 26.6 Å². The Morgan fingerprint density at radius 3 is 2.81 bits per heavy atom. The average molecular weight is 341 g/mol. The molecule has 0 saturated carbocycles. The number of halogens is 1. The minimum atomic E-state index is -0.134. The number of fused-ring (bicyclic) bond motifs is 1. The molecule has 0 aliphatic carbocycles. The molecule has 104 valence electrons. The summed E-state index contributed by atoms with van der Waals surface area (Å²) in [5.41, 5.74) is 3.39. The quantitative estimate of drug-likeness (QED) is 0.743. The summed E-state index contributed by atoms with van der Waals surface area (Å²) in [6.45, 7) is 1.99. The van der Waals surface area contributed by atoms with E-state index in [1.54, 1.807) is 6.20 Å². The van der Waals surface area contributed by atoms with Crippen LogP contribution in [-0.2, 0) is 0 Å². The number of hydrogen-bond donors (Lipinski definition) is 1. The maximum absolute atomic E-state index is 12.3. The maximum Gasteiger partial charge on any atom is 0.256 e. The van der Waals surface area contributed by atoms with E-state index in [1.165, 1.54) is 0 Å². The number of nitrogens with zero attached hydrogens (tertiary/aromatic N) is 1. The van der Waals surface area contributed by atoms with Gasteiger partial charge in [0.05, 0.1) is 11.1 Å². The first-order valence-corrected chi connectivity index (χ1v) is 7.35. The highest BCUT2D eigenvalue weighted by Crippen LogP contribution is 2.21. The van der Waals surface area contributed by atoms with Crippen LogP contribution in [-0.4, -0.2) is 10.9 Å². The van der Waals surface area contributed by atoms with Crippen LogP contribution >= 0.6 is 15.9 Å². The molecule has 0 unspecified atom stereocenters. The first kappa shape index (κ1) is 13.8. The first-order chi connectivity index (χ1) is 10.1. The van der Waals surface area contributed by atoms with Gasteiger partial charge in [0, 0.05) is 21.7 Å². The van der Waals surface area contributed by atoms with Crippen LogP contribution in [0.5, 0.6) is 0 Å². The minimum absolute atomic E-state index is 0.134. The predicted octanol–water partition coefficient (Wildman–Crippen LogP) is 4.56. The van der Waals surface area contributed by atoms with Crippen LogP contribution in [0.3, 0.4) is 0 Å². The third-order valence-electron chi connectivity index (χ3n) is 3.23. The molecule has 1 N–H and O–H groups in total. The highest BCUT2D eigenvalue weighted by atomic mass is 79.9. The van der Waals surface area contributed by atoms with E-state index in [1.807, 2.05) is 55.5 Å². The summed E-state index contributed by atoms with van der Waals surface area (Å²) in [5, 5.41) is 3.91. The molecule has 21 heavy (non-hydrogen) atoms. The fourth-order valence-corrected chi connectivity index (χ4v) is 2.83. The molecule has 3 nitrogen and oxygen atoms in total. The van der Waals surface area contributed by atoms with Crippen molar-refractivity contribution in [1.29, 1.82) is 0 Å². The molecule has 0 spiro atoms. The van der Waals surface area contributed by atoms with Crippen LogP contribution < -0.4 is 5.32 Å². The van der Waals surface area contributed by atoms with Crippen LogP contribution in [0.25, 0.3) is 10.9 Å². The molecule has 0 fully saturated rings. The minimum Gasteiger partial charge on any atom is -0.322 e. The number of carbonyl (C=O) groups is 1. The average Bonchev–Trinajstić information content (AvgIpc) is 2.47. The molecule has 0 saturated heterocycles. The number of aromatic nitrogens is 1. The molecular weight excluding hydrogens is 328 g/mol. The van der Waals surface area contributed by atoms with Crippen molar-refractivity contribution in [2.75, 3.05) is 5.32 Å². The number of hydrogen-bond acceptors (Lipinski definition) is 2. The summed E-state index contributed by atoms with van der Waals surface area (Å²) < 4.78 is 0.794. The van der Waals surface area contributed by atoms with Crippen LogP contribution in [0.4, 0.5) is 5.69 Å². The van der Waals surface area contributed by atoms with Crippen molar-refractivity contribution in [3.05, 3.63) is 70.3 Å². The fourth-order valence-electron chi connectivity index (χ4n) is 2.16. The predicted molar refractivity (Wildman–Crippen MR) is 88.6 cm³/mol. The summed E-state index contributed by atoms with van der Waals surface area (Å²) in [6.07, 6.45) is 1.75. The largest absolute Gasteiger partial charge is 0.322 e. The Bertz CT molecular complexity index is 830. The first-order valence-electron chi connectivity index (χ1n) is 6.56. The van der Waals surface area contributed by atoms with Gasteiger partial charge in [-0.2, -0.15) is 0 Å². The lowest BCUT2D eigenvalue weighted by Crippen LogP contribution is -2.12. The summed E-state index contributed by atoms with van der Waals surface area (Å²) in [6, 6.07) is 15.2. The summed E-state index contributed by atoms with van der Waals surface area (Å²) in [5.74, 6) is -0.134. The topological polar surface area (TPSA) is 42.0 Å². The molecule has 4 heteroatoms. The SMILES string of the molecule is Cc1ccc(C(=O)Nc2ccc3ncccc3c2)c(Br)c1. The van der Waals surface area contributed by atoms with E-state index in [9.17, 15) is 4.79 Å². The Balaban J connectivity index is 1.89. The summed E-state index contributed by atoms with van der Waals surface area (Å²) in [7, 11) is 0. The Morgan fingerprint density at radius 1 is 1.14 bits per heavy atom. The van der Waals surface area contributed by atoms with Gasteiger partial charge in [0.2, 0.25) is 0 Å². The van der Waals surface area contributed by atoms with Crippen LogP contribution in [0, 0.1) is 6.92 Å².